The van der Waals surface area contributed by atoms with Gasteiger partial charge in [0, 0.05) is 19.6 Å². The Morgan fingerprint density at radius 2 is 2.69 bits per heavy atom. The monoisotopic (exact) mass is 242 g/mol. The van der Waals surface area contributed by atoms with Gasteiger partial charge in [-0.25, -0.2) is 0 Å². The number of nitrogens with one attached hydrogen (secondary N) is 1. The molecular weight excluding hydrogens is 228 g/mol. The summed E-state index contributed by atoms with van der Waals surface area (Å²) in [7, 11) is 1.87. The summed E-state index contributed by atoms with van der Waals surface area (Å²) in [6.07, 6.45) is 1.58. The maximum absolute atomic E-state index is 12.0. The molecule has 1 atom stereocenters. The fraction of sp³-hybridized carbons (Fsp3) is 0.667. The van der Waals surface area contributed by atoms with Gasteiger partial charge in [-0.15, -0.1) is 5.10 Å². The van der Waals surface area contributed by atoms with E-state index in [2.05, 4.69) is 14.9 Å². The van der Waals surface area contributed by atoms with Gasteiger partial charge in [0.15, 0.2) is 0 Å². The highest BCUT2D eigenvalue weighted by Gasteiger charge is 2.25. The lowest BCUT2D eigenvalue weighted by atomic mass is 10.2. The second-order valence-corrected chi connectivity index (χ2v) is 4.37. The van der Waals surface area contributed by atoms with Gasteiger partial charge in [0.05, 0.1) is 18.9 Å². The Morgan fingerprint density at radius 3 is 3.38 bits per heavy atom. The minimum atomic E-state index is -0.000553. The van der Waals surface area contributed by atoms with Gasteiger partial charge in [0.25, 0.3) is 5.91 Å². The van der Waals surface area contributed by atoms with Crippen molar-refractivity contribution < 1.29 is 9.53 Å². The van der Waals surface area contributed by atoms with Crippen molar-refractivity contribution in [3.8, 4) is 0 Å². The topological polar surface area (TPSA) is 67.4 Å². The maximum Gasteiger partial charge on any atom is 0.267 e. The van der Waals surface area contributed by atoms with Crippen LogP contribution >= 0.6 is 11.5 Å². The van der Waals surface area contributed by atoms with E-state index in [1.165, 1.54) is 6.20 Å². The molecule has 1 amide bonds. The van der Waals surface area contributed by atoms with Crippen molar-refractivity contribution >= 4 is 17.4 Å². The molecule has 0 radical (unpaired) electrons. The average Bonchev–Trinajstić information content (AvgIpc) is 2.82. The zero-order valence-corrected chi connectivity index (χ0v) is 9.87. The van der Waals surface area contributed by atoms with Crippen molar-refractivity contribution in [2.24, 2.45) is 0 Å². The Bertz CT molecular complexity index is 341. The van der Waals surface area contributed by atoms with Gasteiger partial charge in [-0.1, -0.05) is 4.49 Å². The number of nitrogens with zero attached hydrogens (tertiary/aromatic N) is 3. The molecule has 0 aromatic carbocycles. The third kappa shape index (κ3) is 2.55. The fourth-order valence-electron chi connectivity index (χ4n) is 1.67. The molecule has 0 aliphatic carbocycles. The molecule has 0 spiro atoms. The highest BCUT2D eigenvalue weighted by Crippen LogP contribution is 2.11. The van der Waals surface area contributed by atoms with Crippen molar-refractivity contribution in [2.45, 2.75) is 6.10 Å². The van der Waals surface area contributed by atoms with Crippen LogP contribution in [0.2, 0.25) is 0 Å². The minimum Gasteiger partial charge on any atom is -0.373 e. The third-order valence-electron chi connectivity index (χ3n) is 2.43. The Balaban J connectivity index is 1.96. The predicted octanol–water partition coefficient (Wildman–Crippen LogP) is -0.402. The number of carbonyl (C=O) groups is 1. The molecule has 6 nitrogen and oxygen atoms in total. The Hall–Kier alpha value is -1.05. The molecule has 1 saturated heterocycles. The van der Waals surface area contributed by atoms with Gasteiger partial charge >= 0.3 is 0 Å². The SMILES string of the molecule is CNCC1CN(C(=O)c2cnns2)CCO1. The van der Waals surface area contributed by atoms with Gasteiger partial charge in [-0.3, -0.25) is 4.79 Å². The summed E-state index contributed by atoms with van der Waals surface area (Å²) in [5.74, 6) is -0.000553. The molecule has 2 rings (SSSR count). The van der Waals surface area contributed by atoms with Crippen molar-refractivity contribution in [1.29, 1.82) is 0 Å². The van der Waals surface area contributed by atoms with Crippen LogP contribution in [0.1, 0.15) is 9.67 Å². The molecule has 1 unspecified atom stereocenters. The molecule has 0 bridgehead atoms. The maximum atomic E-state index is 12.0. The molecule has 16 heavy (non-hydrogen) atoms. The van der Waals surface area contributed by atoms with E-state index in [0.29, 0.717) is 24.6 Å². The lowest BCUT2D eigenvalue weighted by Crippen LogP contribution is -2.48. The molecule has 0 saturated carbocycles. The van der Waals surface area contributed by atoms with Crippen LogP contribution in [-0.4, -0.2) is 59.8 Å². The van der Waals surface area contributed by atoms with E-state index in [9.17, 15) is 4.79 Å². The standard InChI is InChI=1S/C9H14N4O2S/c1-10-4-7-6-13(2-3-15-7)9(14)8-5-11-12-16-8/h5,7,10H,2-4,6H2,1H3. The van der Waals surface area contributed by atoms with Gasteiger partial charge in [-0.05, 0) is 18.6 Å². The molecule has 2 heterocycles. The summed E-state index contributed by atoms with van der Waals surface area (Å²) in [5.41, 5.74) is 0. The van der Waals surface area contributed by atoms with Crippen LogP contribution in [0.15, 0.2) is 6.20 Å². The van der Waals surface area contributed by atoms with Gasteiger partial charge < -0.3 is 15.0 Å². The highest BCUT2D eigenvalue weighted by molar-refractivity contribution is 7.07. The van der Waals surface area contributed by atoms with Crippen LogP contribution in [0.25, 0.3) is 0 Å². The van der Waals surface area contributed by atoms with E-state index < -0.39 is 0 Å². The first-order chi connectivity index (χ1) is 7.81. The number of likely N-dealkylation sites (N-methyl/N-ethyl adjacent to an activating group) is 1. The molecule has 1 aromatic heterocycles. The van der Waals surface area contributed by atoms with E-state index in [0.717, 1.165) is 18.1 Å². The average molecular weight is 242 g/mol. The lowest BCUT2D eigenvalue weighted by Gasteiger charge is -2.32. The zero-order valence-electron chi connectivity index (χ0n) is 9.05. The smallest absolute Gasteiger partial charge is 0.267 e. The Morgan fingerprint density at radius 1 is 1.81 bits per heavy atom. The number of ether oxygens (including phenoxy) is 1. The zero-order chi connectivity index (χ0) is 11.4. The first kappa shape index (κ1) is 11.4. The number of hydrogen-bond acceptors (Lipinski definition) is 6. The first-order valence-electron chi connectivity index (χ1n) is 5.14. The summed E-state index contributed by atoms with van der Waals surface area (Å²) in [6.45, 7) is 2.60. The fourth-order valence-corrected chi connectivity index (χ4v) is 2.16. The van der Waals surface area contributed by atoms with Crippen molar-refractivity contribution in [3.05, 3.63) is 11.1 Å². The third-order valence-corrected chi connectivity index (χ3v) is 3.08. The number of aromatic nitrogens is 2. The Labute approximate surface area is 97.8 Å². The quantitative estimate of drug-likeness (QED) is 0.781. The second-order valence-electron chi connectivity index (χ2n) is 3.58. The van der Waals surface area contributed by atoms with Crippen molar-refractivity contribution in [3.63, 3.8) is 0 Å². The molecule has 7 heteroatoms. The number of morpholine rings is 1. The van der Waals surface area contributed by atoms with Gasteiger partial charge in [-0.2, -0.15) is 0 Å². The predicted molar refractivity (Wildman–Crippen MR) is 59.5 cm³/mol. The minimum absolute atomic E-state index is 0.000553. The van der Waals surface area contributed by atoms with Crippen LogP contribution in [0.5, 0.6) is 0 Å². The van der Waals surface area contributed by atoms with Crippen molar-refractivity contribution in [2.75, 3.05) is 33.3 Å². The van der Waals surface area contributed by atoms with Crippen LogP contribution in [-0.2, 0) is 4.74 Å². The van der Waals surface area contributed by atoms with E-state index in [1.807, 2.05) is 7.05 Å². The molecule has 88 valence electrons. The lowest BCUT2D eigenvalue weighted by molar-refractivity contribution is -0.0194. The largest absolute Gasteiger partial charge is 0.373 e. The van der Waals surface area contributed by atoms with Crippen LogP contribution in [0, 0.1) is 0 Å². The van der Waals surface area contributed by atoms with E-state index in [1.54, 1.807) is 4.90 Å². The van der Waals surface area contributed by atoms with E-state index >= 15 is 0 Å². The van der Waals surface area contributed by atoms with Crippen LogP contribution < -0.4 is 5.32 Å². The summed E-state index contributed by atoms with van der Waals surface area (Å²) in [4.78, 5) is 14.4. The normalized spacial score (nSPS) is 21.1. The number of amides is 1. The molecule has 1 aliphatic heterocycles. The van der Waals surface area contributed by atoms with E-state index in [-0.39, 0.29) is 12.0 Å². The number of rotatable bonds is 3. The summed E-state index contributed by atoms with van der Waals surface area (Å²) >= 11 is 1.13. The second kappa shape index (κ2) is 5.33. The van der Waals surface area contributed by atoms with Crippen LogP contribution in [0.4, 0.5) is 0 Å². The van der Waals surface area contributed by atoms with Gasteiger partial charge in [0.2, 0.25) is 0 Å². The summed E-state index contributed by atoms with van der Waals surface area (Å²) in [6, 6.07) is 0. The summed E-state index contributed by atoms with van der Waals surface area (Å²) < 4.78 is 9.23. The Kier molecular flexibility index (Phi) is 3.81. The molecular formula is C9H14N4O2S. The number of carbonyl (C=O) groups excluding carboxylic acids is 1. The summed E-state index contributed by atoms with van der Waals surface area (Å²) in [5, 5.41) is 6.72. The molecule has 1 aliphatic rings. The van der Waals surface area contributed by atoms with E-state index in [4.69, 9.17) is 4.74 Å². The molecule has 1 N–H and O–H groups in total. The molecule has 1 aromatic rings. The highest BCUT2D eigenvalue weighted by atomic mass is 32.1. The van der Waals surface area contributed by atoms with Crippen molar-refractivity contribution in [1.82, 2.24) is 19.8 Å². The van der Waals surface area contributed by atoms with Gasteiger partial charge in [0.1, 0.15) is 4.88 Å². The van der Waals surface area contributed by atoms with Crippen LogP contribution in [0.3, 0.4) is 0 Å². The first-order valence-corrected chi connectivity index (χ1v) is 5.91. The number of hydrogen-bond donors (Lipinski definition) is 1. The molecule has 1 fully saturated rings.